The molecule has 2 aromatic rings. The third-order valence-corrected chi connectivity index (χ3v) is 5.60. The first-order valence-electron chi connectivity index (χ1n) is 10.2. The maximum atomic E-state index is 13.8. The van der Waals surface area contributed by atoms with E-state index < -0.39 is 11.6 Å². The first-order chi connectivity index (χ1) is 14.0. The van der Waals surface area contributed by atoms with Crippen molar-refractivity contribution in [2.24, 2.45) is 0 Å². The summed E-state index contributed by atoms with van der Waals surface area (Å²) in [6.07, 6.45) is 0. The molecule has 1 aliphatic rings. The molecular weight excluding hydrogens is 374 g/mol. The van der Waals surface area contributed by atoms with Gasteiger partial charge in [0.1, 0.15) is 17.7 Å². The van der Waals surface area contributed by atoms with Crippen LogP contribution < -0.4 is 20.4 Å². The van der Waals surface area contributed by atoms with Gasteiger partial charge in [0.15, 0.2) is 6.54 Å². The van der Waals surface area contributed by atoms with Crippen LogP contribution in [0.25, 0.3) is 0 Å². The van der Waals surface area contributed by atoms with Gasteiger partial charge in [-0.15, -0.1) is 0 Å². The molecule has 7 heteroatoms. The molecule has 0 unspecified atom stereocenters. The Balaban J connectivity index is 1.48. The molecule has 1 aliphatic heterocycles. The number of rotatable bonds is 7. The molecule has 4 N–H and O–H groups in total. The van der Waals surface area contributed by atoms with Crippen LogP contribution in [0, 0.1) is 11.6 Å². The Morgan fingerprint density at radius 2 is 1.86 bits per heavy atom. The van der Waals surface area contributed by atoms with Crippen LogP contribution in [0.2, 0.25) is 0 Å². The van der Waals surface area contributed by atoms with E-state index in [-0.39, 0.29) is 18.5 Å². The van der Waals surface area contributed by atoms with Gasteiger partial charge in [-0.1, -0.05) is 0 Å². The number of nitrogens with one attached hydrogen (secondary N) is 2. The normalized spacial score (nSPS) is 15.9. The van der Waals surface area contributed by atoms with Gasteiger partial charge in [0.25, 0.3) is 5.91 Å². The van der Waals surface area contributed by atoms with Gasteiger partial charge < -0.3 is 20.4 Å². The molecule has 1 amide bonds. The molecule has 0 spiro atoms. The van der Waals surface area contributed by atoms with E-state index in [1.165, 1.54) is 24.4 Å². The largest absolute Gasteiger partial charge is 0.360 e. The van der Waals surface area contributed by atoms with Crippen molar-refractivity contribution in [2.45, 2.75) is 19.9 Å². The zero-order chi connectivity index (χ0) is 20.8. The van der Waals surface area contributed by atoms with Gasteiger partial charge in [0, 0.05) is 23.0 Å². The Morgan fingerprint density at radius 3 is 2.48 bits per heavy atom. The van der Waals surface area contributed by atoms with E-state index in [2.05, 4.69) is 17.1 Å². The minimum Gasteiger partial charge on any atom is -0.360 e. The van der Waals surface area contributed by atoms with Gasteiger partial charge in [0.05, 0.1) is 32.7 Å². The van der Waals surface area contributed by atoms with Gasteiger partial charge in [-0.3, -0.25) is 4.79 Å². The number of hydrogen-bond acceptors (Lipinski definition) is 2. The van der Waals surface area contributed by atoms with Crippen LogP contribution in [0.15, 0.2) is 42.5 Å². The quantitative estimate of drug-likeness (QED) is 0.644. The maximum Gasteiger partial charge on any atom is 0.279 e. The number of hydrogen-bond donors (Lipinski definition) is 3. The van der Waals surface area contributed by atoms with E-state index in [0.29, 0.717) is 5.56 Å². The summed E-state index contributed by atoms with van der Waals surface area (Å²) in [5.41, 5.74) is 2.30. The Bertz CT molecular complexity index is 820. The lowest BCUT2D eigenvalue weighted by molar-refractivity contribution is -0.898. The summed E-state index contributed by atoms with van der Waals surface area (Å²) in [5.74, 6) is -1.36. The molecule has 1 atom stereocenters. The fourth-order valence-corrected chi connectivity index (χ4v) is 3.68. The molecule has 29 heavy (non-hydrogen) atoms. The van der Waals surface area contributed by atoms with Crippen molar-refractivity contribution < 1.29 is 23.8 Å². The molecule has 5 nitrogen and oxygen atoms in total. The number of nitrogens with zero attached hydrogens (tertiary/aromatic N) is 1. The van der Waals surface area contributed by atoms with Crippen molar-refractivity contribution in [3.63, 3.8) is 0 Å². The molecule has 1 heterocycles. The summed E-state index contributed by atoms with van der Waals surface area (Å²) in [6, 6.07) is 11.1. The van der Waals surface area contributed by atoms with Gasteiger partial charge >= 0.3 is 0 Å². The summed E-state index contributed by atoms with van der Waals surface area (Å²) in [4.78, 5) is 16.2. The number of quaternary nitrogens is 2. The average molecular weight is 405 g/mol. The van der Waals surface area contributed by atoms with E-state index in [4.69, 9.17) is 0 Å². The van der Waals surface area contributed by atoms with Crippen molar-refractivity contribution >= 4 is 17.3 Å². The SMILES string of the molecule is CC[NH+]1CCN(c2ccc(NC(=O)C[NH2+][C@@H](C)c3ccc(F)cc3F)cc2)CC1. The second kappa shape index (κ2) is 9.80. The second-order valence-corrected chi connectivity index (χ2v) is 7.58. The first-order valence-corrected chi connectivity index (χ1v) is 10.2. The number of carbonyl (C=O) groups is 1. The maximum absolute atomic E-state index is 13.8. The lowest BCUT2D eigenvalue weighted by Crippen LogP contribution is -3.14. The van der Waals surface area contributed by atoms with Gasteiger partial charge in [0.2, 0.25) is 0 Å². The Labute approximate surface area is 170 Å². The Morgan fingerprint density at radius 1 is 1.17 bits per heavy atom. The molecular formula is C22H30F2N4O+2. The predicted octanol–water partition coefficient (Wildman–Crippen LogP) is 0.953. The number of benzene rings is 2. The first kappa shape index (κ1) is 21.2. The van der Waals surface area contributed by atoms with Crippen LogP contribution in [0.3, 0.4) is 0 Å². The molecule has 0 radical (unpaired) electrons. The molecule has 156 valence electrons. The topological polar surface area (TPSA) is 53.4 Å². The van der Waals surface area contributed by atoms with Crippen LogP contribution >= 0.6 is 0 Å². The molecule has 1 saturated heterocycles. The predicted molar refractivity (Wildman–Crippen MR) is 110 cm³/mol. The van der Waals surface area contributed by atoms with Crippen molar-refractivity contribution in [3.8, 4) is 0 Å². The van der Waals surface area contributed by atoms with E-state index in [1.807, 2.05) is 24.3 Å². The molecule has 0 aromatic heterocycles. The highest BCUT2D eigenvalue weighted by atomic mass is 19.1. The third kappa shape index (κ3) is 5.74. The fraction of sp³-hybridized carbons (Fsp3) is 0.409. The van der Waals surface area contributed by atoms with Crippen molar-refractivity contribution in [1.29, 1.82) is 0 Å². The average Bonchev–Trinajstić information content (AvgIpc) is 2.73. The van der Waals surface area contributed by atoms with Crippen LogP contribution in [0.4, 0.5) is 20.2 Å². The molecule has 3 rings (SSSR count). The summed E-state index contributed by atoms with van der Waals surface area (Å²) in [5, 5.41) is 4.60. The molecule has 0 aliphatic carbocycles. The van der Waals surface area contributed by atoms with Crippen LogP contribution in [0.1, 0.15) is 25.5 Å². The number of amides is 1. The Kier molecular flexibility index (Phi) is 7.17. The van der Waals surface area contributed by atoms with Crippen LogP contribution in [0.5, 0.6) is 0 Å². The minimum atomic E-state index is -0.604. The number of anilines is 2. The van der Waals surface area contributed by atoms with Crippen molar-refractivity contribution in [1.82, 2.24) is 0 Å². The van der Waals surface area contributed by atoms with E-state index in [1.54, 1.807) is 17.1 Å². The lowest BCUT2D eigenvalue weighted by Gasteiger charge is -2.33. The summed E-state index contributed by atoms with van der Waals surface area (Å²) < 4.78 is 26.9. The van der Waals surface area contributed by atoms with Gasteiger partial charge in [-0.25, -0.2) is 8.78 Å². The smallest absolute Gasteiger partial charge is 0.279 e. The Hall–Kier alpha value is -2.51. The number of halogens is 2. The third-order valence-electron chi connectivity index (χ3n) is 5.60. The zero-order valence-corrected chi connectivity index (χ0v) is 17.1. The molecule has 2 aromatic carbocycles. The van der Waals surface area contributed by atoms with Crippen LogP contribution in [-0.4, -0.2) is 45.2 Å². The van der Waals surface area contributed by atoms with E-state index in [0.717, 1.165) is 37.9 Å². The highest BCUT2D eigenvalue weighted by Crippen LogP contribution is 2.18. The monoisotopic (exact) mass is 404 g/mol. The van der Waals surface area contributed by atoms with E-state index >= 15 is 0 Å². The molecule has 0 saturated carbocycles. The van der Waals surface area contributed by atoms with E-state index in [9.17, 15) is 13.6 Å². The number of likely N-dealkylation sites (N-methyl/N-ethyl adjacent to an activating group) is 1. The summed E-state index contributed by atoms with van der Waals surface area (Å²) in [6.45, 7) is 9.72. The lowest BCUT2D eigenvalue weighted by atomic mass is 10.1. The summed E-state index contributed by atoms with van der Waals surface area (Å²) in [7, 11) is 0. The van der Waals surface area contributed by atoms with Gasteiger partial charge in [-0.05, 0) is 50.2 Å². The zero-order valence-electron chi connectivity index (χ0n) is 17.1. The van der Waals surface area contributed by atoms with Crippen LogP contribution in [-0.2, 0) is 4.79 Å². The number of carbonyl (C=O) groups excluding carboxylic acids is 1. The highest BCUT2D eigenvalue weighted by molar-refractivity contribution is 5.91. The molecule has 0 bridgehead atoms. The standard InChI is InChI=1S/C22H28F2N4O/c1-3-27-10-12-28(13-11-27)19-7-5-18(6-8-19)26-22(29)15-25-16(2)20-9-4-17(23)14-21(20)24/h4-9,14,16,25H,3,10-13,15H2,1-2H3,(H,26,29)/p+2/t16-/m0/s1. The van der Waals surface area contributed by atoms with Gasteiger partial charge in [-0.2, -0.15) is 0 Å². The minimum absolute atomic E-state index is 0.154. The van der Waals surface area contributed by atoms with Crippen molar-refractivity contribution in [2.75, 3.05) is 49.5 Å². The van der Waals surface area contributed by atoms with Crippen molar-refractivity contribution in [3.05, 3.63) is 59.7 Å². The highest BCUT2D eigenvalue weighted by Gasteiger charge is 2.19. The second-order valence-electron chi connectivity index (χ2n) is 7.58. The number of piperazine rings is 1. The summed E-state index contributed by atoms with van der Waals surface area (Å²) >= 11 is 0. The number of nitrogens with two attached hydrogens (primary N) is 1. The molecule has 1 fully saturated rings. The fourth-order valence-electron chi connectivity index (χ4n) is 3.68.